The van der Waals surface area contributed by atoms with Crippen molar-refractivity contribution in [2.24, 2.45) is 4.99 Å². The summed E-state index contributed by atoms with van der Waals surface area (Å²) in [5.74, 6) is 0.988. The Bertz CT molecular complexity index is 413. The summed E-state index contributed by atoms with van der Waals surface area (Å²) in [6.07, 6.45) is 1.16. The quantitative estimate of drug-likeness (QED) is 0.664. The molecule has 4 nitrogen and oxygen atoms in total. The highest BCUT2D eigenvalue weighted by atomic mass is 15.3. The van der Waals surface area contributed by atoms with Gasteiger partial charge >= 0.3 is 0 Å². The van der Waals surface area contributed by atoms with Crippen molar-refractivity contribution in [3.63, 3.8) is 0 Å². The van der Waals surface area contributed by atoms with Gasteiger partial charge in [0.1, 0.15) is 0 Å². The van der Waals surface area contributed by atoms with Gasteiger partial charge in [-0.15, -0.1) is 0 Å². The van der Waals surface area contributed by atoms with E-state index < -0.39 is 0 Å². The number of guanidine groups is 1. The fourth-order valence-corrected chi connectivity index (χ4v) is 2.40. The van der Waals surface area contributed by atoms with Crippen LogP contribution < -0.4 is 10.2 Å². The van der Waals surface area contributed by atoms with Crippen LogP contribution in [0.5, 0.6) is 0 Å². The van der Waals surface area contributed by atoms with Crippen LogP contribution in [0.4, 0.5) is 5.69 Å². The number of aliphatic imine (C=N–C) groups is 1. The van der Waals surface area contributed by atoms with Crippen molar-refractivity contribution in [3.8, 4) is 0 Å². The first-order chi connectivity index (χ1) is 9.20. The molecule has 1 fully saturated rings. The summed E-state index contributed by atoms with van der Waals surface area (Å²) >= 11 is 0. The highest BCUT2D eigenvalue weighted by Gasteiger charge is 2.23. The predicted octanol–water partition coefficient (Wildman–Crippen LogP) is 1.79. The van der Waals surface area contributed by atoms with Crippen LogP contribution in [0.15, 0.2) is 35.3 Å². The molecule has 0 bridgehead atoms. The first kappa shape index (κ1) is 13.7. The minimum Gasteiger partial charge on any atom is -0.369 e. The first-order valence-electron chi connectivity index (χ1n) is 6.99. The number of para-hydroxylation sites is 1. The van der Waals surface area contributed by atoms with E-state index >= 15 is 0 Å². The van der Waals surface area contributed by atoms with Crippen LogP contribution in [-0.2, 0) is 0 Å². The van der Waals surface area contributed by atoms with Crippen LogP contribution in [-0.4, -0.2) is 50.6 Å². The lowest BCUT2D eigenvalue weighted by molar-refractivity contribution is 0.546. The Morgan fingerprint density at radius 3 is 2.74 bits per heavy atom. The monoisotopic (exact) mass is 260 g/mol. The largest absolute Gasteiger partial charge is 0.369 e. The SMILES string of the molecule is CCN=C(NC1CCN(c2ccccc2)C1)N(C)C. The van der Waals surface area contributed by atoms with E-state index in [9.17, 15) is 0 Å². The average molecular weight is 260 g/mol. The zero-order valence-electron chi connectivity index (χ0n) is 12.1. The van der Waals surface area contributed by atoms with E-state index in [4.69, 9.17) is 0 Å². The molecule has 0 amide bonds. The van der Waals surface area contributed by atoms with Gasteiger partial charge in [0, 0.05) is 45.5 Å². The molecule has 0 radical (unpaired) electrons. The number of nitrogens with zero attached hydrogens (tertiary/aromatic N) is 3. The van der Waals surface area contributed by atoms with Gasteiger partial charge in [0.2, 0.25) is 0 Å². The lowest BCUT2D eigenvalue weighted by atomic mass is 10.2. The second-order valence-corrected chi connectivity index (χ2v) is 5.10. The van der Waals surface area contributed by atoms with E-state index in [1.807, 2.05) is 14.1 Å². The lowest BCUT2D eigenvalue weighted by Gasteiger charge is -2.23. The van der Waals surface area contributed by atoms with Crippen molar-refractivity contribution >= 4 is 11.6 Å². The molecule has 1 saturated heterocycles. The van der Waals surface area contributed by atoms with Gasteiger partial charge in [0.25, 0.3) is 0 Å². The van der Waals surface area contributed by atoms with Crippen LogP contribution >= 0.6 is 0 Å². The number of anilines is 1. The third-order valence-electron chi connectivity index (χ3n) is 3.37. The van der Waals surface area contributed by atoms with Gasteiger partial charge in [-0.25, -0.2) is 0 Å². The van der Waals surface area contributed by atoms with E-state index in [2.05, 4.69) is 57.4 Å². The van der Waals surface area contributed by atoms with Crippen LogP contribution in [0.25, 0.3) is 0 Å². The Kier molecular flexibility index (Phi) is 4.66. The van der Waals surface area contributed by atoms with Gasteiger partial charge in [-0.1, -0.05) is 18.2 Å². The summed E-state index contributed by atoms with van der Waals surface area (Å²) in [7, 11) is 4.07. The summed E-state index contributed by atoms with van der Waals surface area (Å²) in [5.41, 5.74) is 1.31. The van der Waals surface area contributed by atoms with Gasteiger partial charge in [-0.2, -0.15) is 0 Å². The minimum atomic E-state index is 0.480. The Labute approximate surface area is 116 Å². The molecule has 2 rings (SSSR count). The maximum absolute atomic E-state index is 4.50. The zero-order valence-corrected chi connectivity index (χ0v) is 12.1. The molecule has 0 saturated carbocycles. The van der Waals surface area contributed by atoms with E-state index in [0.717, 1.165) is 32.0 Å². The van der Waals surface area contributed by atoms with Crippen molar-refractivity contribution < 1.29 is 0 Å². The molecule has 1 atom stereocenters. The Morgan fingerprint density at radius 2 is 2.11 bits per heavy atom. The first-order valence-corrected chi connectivity index (χ1v) is 6.99. The van der Waals surface area contributed by atoms with Crippen LogP contribution in [0.1, 0.15) is 13.3 Å². The summed E-state index contributed by atoms with van der Waals surface area (Å²) in [5, 5.41) is 3.55. The number of hydrogen-bond donors (Lipinski definition) is 1. The summed E-state index contributed by atoms with van der Waals surface area (Å²) in [6, 6.07) is 11.1. The summed E-state index contributed by atoms with van der Waals surface area (Å²) < 4.78 is 0. The molecule has 4 heteroatoms. The van der Waals surface area contributed by atoms with E-state index in [1.54, 1.807) is 0 Å². The van der Waals surface area contributed by atoms with Crippen LogP contribution in [0.3, 0.4) is 0 Å². The molecule has 0 spiro atoms. The molecule has 1 aromatic rings. The van der Waals surface area contributed by atoms with Crippen LogP contribution in [0, 0.1) is 0 Å². The molecule has 1 N–H and O–H groups in total. The van der Waals surface area contributed by atoms with E-state index in [0.29, 0.717) is 6.04 Å². The van der Waals surface area contributed by atoms with Crippen molar-refractivity contribution in [2.75, 3.05) is 38.6 Å². The maximum atomic E-state index is 4.50. The third-order valence-corrected chi connectivity index (χ3v) is 3.37. The summed E-state index contributed by atoms with van der Waals surface area (Å²) in [4.78, 5) is 8.98. The zero-order chi connectivity index (χ0) is 13.7. The van der Waals surface area contributed by atoms with E-state index in [-0.39, 0.29) is 0 Å². The topological polar surface area (TPSA) is 30.9 Å². The van der Waals surface area contributed by atoms with Crippen molar-refractivity contribution in [1.82, 2.24) is 10.2 Å². The second kappa shape index (κ2) is 6.45. The normalized spacial score (nSPS) is 19.6. The van der Waals surface area contributed by atoms with Gasteiger partial charge in [-0.3, -0.25) is 4.99 Å². The molecular weight excluding hydrogens is 236 g/mol. The molecule has 0 aliphatic carbocycles. The lowest BCUT2D eigenvalue weighted by Crippen LogP contribution is -2.44. The molecule has 1 aliphatic rings. The Balaban J connectivity index is 1.93. The standard InChI is InChI=1S/C15H24N4/c1-4-16-15(18(2)3)17-13-10-11-19(12-13)14-8-6-5-7-9-14/h5-9,13H,4,10-12H2,1-3H3,(H,16,17). The van der Waals surface area contributed by atoms with Crippen molar-refractivity contribution in [1.29, 1.82) is 0 Å². The third kappa shape index (κ3) is 3.63. The molecular formula is C15H24N4. The van der Waals surface area contributed by atoms with Gasteiger partial charge in [-0.05, 0) is 25.5 Å². The fourth-order valence-electron chi connectivity index (χ4n) is 2.40. The van der Waals surface area contributed by atoms with Crippen molar-refractivity contribution in [2.45, 2.75) is 19.4 Å². The van der Waals surface area contributed by atoms with Crippen LogP contribution in [0.2, 0.25) is 0 Å². The molecule has 1 heterocycles. The molecule has 1 aromatic carbocycles. The number of nitrogens with one attached hydrogen (secondary N) is 1. The number of hydrogen-bond acceptors (Lipinski definition) is 2. The predicted molar refractivity (Wildman–Crippen MR) is 81.9 cm³/mol. The van der Waals surface area contributed by atoms with Gasteiger partial charge in [0.05, 0.1) is 0 Å². The highest BCUT2D eigenvalue weighted by Crippen LogP contribution is 2.19. The Hall–Kier alpha value is -1.71. The summed E-state index contributed by atoms with van der Waals surface area (Å²) in [6.45, 7) is 5.03. The number of rotatable bonds is 3. The second-order valence-electron chi connectivity index (χ2n) is 5.10. The minimum absolute atomic E-state index is 0.480. The number of benzene rings is 1. The molecule has 1 unspecified atom stereocenters. The maximum Gasteiger partial charge on any atom is 0.193 e. The highest BCUT2D eigenvalue weighted by molar-refractivity contribution is 5.79. The molecule has 19 heavy (non-hydrogen) atoms. The van der Waals surface area contributed by atoms with Crippen molar-refractivity contribution in [3.05, 3.63) is 30.3 Å². The van der Waals surface area contributed by atoms with E-state index in [1.165, 1.54) is 5.69 Å². The Morgan fingerprint density at radius 1 is 1.37 bits per heavy atom. The van der Waals surface area contributed by atoms with Gasteiger partial charge < -0.3 is 15.1 Å². The van der Waals surface area contributed by atoms with Gasteiger partial charge in [0.15, 0.2) is 5.96 Å². The smallest absolute Gasteiger partial charge is 0.193 e. The molecule has 104 valence electrons. The average Bonchev–Trinajstić information content (AvgIpc) is 2.88. The fraction of sp³-hybridized carbons (Fsp3) is 0.533. The molecule has 1 aliphatic heterocycles. The molecule has 0 aromatic heterocycles.